The van der Waals surface area contributed by atoms with Gasteiger partial charge in [-0.3, -0.25) is 4.79 Å². The van der Waals surface area contributed by atoms with Crippen molar-refractivity contribution in [2.24, 2.45) is 0 Å². The second-order valence-corrected chi connectivity index (χ2v) is 2.77. The van der Waals surface area contributed by atoms with Crippen molar-refractivity contribution in [3.05, 3.63) is 0 Å². The smallest absolute Gasteiger partial charge is 0.339 e. The quantitative estimate of drug-likeness (QED) is 0.350. The summed E-state index contributed by atoms with van der Waals surface area (Å²) in [5, 5.41) is 2.03. The minimum absolute atomic E-state index is 0.0141. The van der Waals surface area contributed by atoms with Gasteiger partial charge in [0.05, 0.1) is 5.25 Å². The van der Waals surface area contributed by atoms with Crippen LogP contribution in [0, 0.1) is 0 Å². The highest BCUT2D eigenvalue weighted by atomic mass is 32.1. The highest BCUT2D eigenvalue weighted by Crippen LogP contribution is 1.90. The molecule has 1 amide bonds. The molecule has 0 saturated carbocycles. The zero-order valence-corrected chi connectivity index (χ0v) is 7.39. The maximum Gasteiger partial charge on any atom is 0.502 e. The van der Waals surface area contributed by atoms with E-state index in [1.807, 2.05) is 0 Å². The van der Waals surface area contributed by atoms with Gasteiger partial charge in [-0.1, -0.05) is 0 Å². The fourth-order valence-corrected chi connectivity index (χ4v) is 0.474. The molecule has 0 spiro atoms. The molecule has 1 unspecified atom stereocenters. The third-order valence-corrected chi connectivity index (χ3v) is 1.26. The van der Waals surface area contributed by atoms with Gasteiger partial charge in [-0.2, -0.15) is 12.6 Å². The third kappa shape index (κ3) is 4.66. The Morgan fingerprint density at radius 2 is 2.36 bits per heavy atom. The summed E-state index contributed by atoms with van der Waals surface area (Å²) in [6.45, 7) is 1.66. The van der Waals surface area contributed by atoms with Gasteiger partial charge in [0.25, 0.3) is 0 Å². The van der Waals surface area contributed by atoms with Gasteiger partial charge in [0.15, 0.2) is 13.7 Å². The van der Waals surface area contributed by atoms with Gasteiger partial charge >= 0.3 is 5.97 Å². The summed E-state index contributed by atoms with van der Waals surface area (Å²) < 4.78 is 4.41. The molecule has 0 fully saturated rings. The summed E-state index contributed by atoms with van der Waals surface area (Å²) in [5.74, 6) is -0.454. The van der Waals surface area contributed by atoms with E-state index in [9.17, 15) is 4.79 Å². The summed E-state index contributed by atoms with van der Waals surface area (Å²) in [5.41, 5.74) is 0. The van der Waals surface area contributed by atoms with Gasteiger partial charge in [0, 0.05) is 0 Å². The van der Waals surface area contributed by atoms with Crippen molar-refractivity contribution in [1.29, 1.82) is 0 Å². The maximum absolute atomic E-state index is 10.8. The SMILES string of the molecule is COC(=[OH+])CNC(=O)C(C)S. The maximum atomic E-state index is 10.8. The number of carbonyl (C=O) groups is 1. The molecule has 0 rings (SSSR count). The Morgan fingerprint density at radius 3 is 2.73 bits per heavy atom. The van der Waals surface area contributed by atoms with Gasteiger partial charge in [-0.15, -0.1) is 0 Å². The molecular weight excluding hydrogens is 166 g/mol. The first-order valence-corrected chi connectivity index (χ1v) is 3.64. The van der Waals surface area contributed by atoms with Crippen molar-refractivity contribution in [2.45, 2.75) is 12.2 Å². The monoisotopic (exact) mass is 178 g/mol. The average molecular weight is 178 g/mol. The molecule has 0 aromatic heterocycles. The van der Waals surface area contributed by atoms with Crippen LogP contribution in [0.25, 0.3) is 0 Å². The number of rotatable bonds is 3. The summed E-state index contributed by atoms with van der Waals surface area (Å²) in [4.78, 5) is 19.5. The lowest BCUT2D eigenvalue weighted by atomic mass is 10.4. The first-order chi connectivity index (χ1) is 5.07. The van der Waals surface area contributed by atoms with Crippen molar-refractivity contribution >= 4 is 24.5 Å². The second kappa shape index (κ2) is 5.01. The van der Waals surface area contributed by atoms with Crippen molar-refractivity contribution < 1.29 is 14.3 Å². The molecule has 64 valence electrons. The summed E-state index contributed by atoms with van der Waals surface area (Å²) in [6, 6.07) is 0. The molecule has 0 aromatic rings. The summed E-state index contributed by atoms with van der Waals surface area (Å²) >= 11 is 3.88. The van der Waals surface area contributed by atoms with Gasteiger partial charge < -0.3 is 14.8 Å². The Balaban J connectivity index is 3.54. The molecule has 0 bridgehead atoms. The van der Waals surface area contributed by atoms with E-state index in [4.69, 9.17) is 4.79 Å². The molecule has 0 heterocycles. The molecule has 2 N–H and O–H groups in total. The Morgan fingerprint density at radius 1 is 1.82 bits per heavy atom. The molecule has 0 aliphatic carbocycles. The number of methoxy groups -OCH3 is 1. The fourth-order valence-electron chi connectivity index (χ4n) is 0.383. The number of thiol groups is 1. The average Bonchev–Trinajstić information content (AvgIpc) is 1.99. The lowest BCUT2D eigenvalue weighted by Gasteiger charge is -2.01. The Kier molecular flexibility index (Phi) is 4.69. The van der Waals surface area contributed by atoms with Gasteiger partial charge in [-0.05, 0) is 6.92 Å². The van der Waals surface area contributed by atoms with Crippen LogP contribution < -0.4 is 5.32 Å². The van der Waals surface area contributed by atoms with E-state index in [0.717, 1.165) is 0 Å². The van der Waals surface area contributed by atoms with Crippen LogP contribution in [0.5, 0.6) is 0 Å². The molecule has 4 nitrogen and oxygen atoms in total. The summed E-state index contributed by atoms with van der Waals surface area (Å²) in [7, 11) is 1.33. The van der Waals surface area contributed by atoms with Gasteiger partial charge in [0.1, 0.15) is 0 Å². The highest BCUT2D eigenvalue weighted by Gasteiger charge is 2.12. The van der Waals surface area contributed by atoms with Crippen LogP contribution in [0.3, 0.4) is 0 Å². The molecule has 11 heavy (non-hydrogen) atoms. The number of amides is 1. The van der Waals surface area contributed by atoms with Crippen LogP contribution in [-0.2, 0) is 9.53 Å². The Labute approximate surface area is 70.7 Å². The number of nitrogens with one attached hydrogen (secondary N) is 1. The first kappa shape index (κ1) is 10.3. The van der Waals surface area contributed by atoms with E-state index in [-0.39, 0.29) is 23.7 Å². The number of hydrogen-bond donors (Lipinski definition) is 2. The van der Waals surface area contributed by atoms with E-state index in [2.05, 4.69) is 22.7 Å². The number of hydrogen-bond acceptors (Lipinski definition) is 3. The normalized spacial score (nSPS) is 11.9. The first-order valence-electron chi connectivity index (χ1n) is 3.12. The zero-order chi connectivity index (χ0) is 8.85. The Hall–Kier alpha value is -0.710. The van der Waals surface area contributed by atoms with Crippen molar-refractivity contribution in [3.8, 4) is 0 Å². The molecule has 0 aliphatic heterocycles. The van der Waals surface area contributed by atoms with Crippen molar-refractivity contribution in [2.75, 3.05) is 13.7 Å². The lowest BCUT2D eigenvalue weighted by molar-refractivity contribution is -0.120. The van der Waals surface area contributed by atoms with Crippen molar-refractivity contribution in [3.63, 3.8) is 0 Å². The van der Waals surface area contributed by atoms with Gasteiger partial charge in [0.2, 0.25) is 5.91 Å². The van der Waals surface area contributed by atoms with Crippen LogP contribution in [0.15, 0.2) is 0 Å². The predicted octanol–water partition coefficient (Wildman–Crippen LogP) is -0.430. The van der Waals surface area contributed by atoms with Crippen LogP contribution in [0.1, 0.15) is 6.92 Å². The fraction of sp³-hybridized carbons (Fsp3) is 0.667. The summed E-state index contributed by atoms with van der Waals surface area (Å²) in [6.07, 6.45) is 0. The number of ether oxygens (including phenoxy) is 1. The molecule has 0 aliphatic rings. The topological polar surface area (TPSA) is 59.7 Å². The standard InChI is InChI=1S/C6H11NO3S/c1-4(11)6(9)7-3-5(8)10-2/h4,11H,3H2,1-2H3,(H,7,9)/p+1. The van der Waals surface area contributed by atoms with Gasteiger partial charge in [-0.25, -0.2) is 0 Å². The minimum atomic E-state index is -0.375. The molecule has 0 saturated heterocycles. The molecule has 1 atom stereocenters. The van der Waals surface area contributed by atoms with E-state index in [0.29, 0.717) is 0 Å². The lowest BCUT2D eigenvalue weighted by Crippen LogP contribution is -2.34. The highest BCUT2D eigenvalue weighted by molar-refractivity contribution is 7.81. The van der Waals surface area contributed by atoms with E-state index in [1.54, 1.807) is 6.92 Å². The van der Waals surface area contributed by atoms with Crippen LogP contribution in [-0.4, -0.2) is 35.6 Å². The number of carbonyl (C=O) groups excluding carboxylic acids is 2. The van der Waals surface area contributed by atoms with Crippen LogP contribution >= 0.6 is 12.6 Å². The largest absolute Gasteiger partial charge is 0.502 e. The van der Waals surface area contributed by atoms with Crippen LogP contribution in [0.4, 0.5) is 0 Å². The molecular formula is C6H12NO3S+. The minimum Gasteiger partial charge on any atom is -0.339 e. The second-order valence-electron chi connectivity index (χ2n) is 1.99. The molecule has 5 heteroatoms. The Bertz CT molecular complexity index is 158. The van der Waals surface area contributed by atoms with Crippen LogP contribution in [0.2, 0.25) is 0 Å². The van der Waals surface area contributed by atoms with E-state index < -0.39 is 0 Å². The predicted molar refractivity (Wildman–Crippen MR) is 45.4 cm³/mol. The molecule has 0 radical (unpaired) electrons. The van der Waals surface area contributed by atoms with E-state index in [1.165, 1.54) is 7.11 Å². The molecule has 0 aromatic carbocycles. The third-order valence-electron chi connectivity index (χ3n) is 1.03. The zero-order valence-electron chi connectivity index (χ0n) is 6.50. The number of esters is 1. The van der Waals surface area contributed by atoms with Crippen molar-refractivity contribution in [1.82, 2.24) is 5.32 Å². The van der Waals surface area contributed by atoms with E-state index >= 15 is 0 Å².